The molecule has 2 nitrogen and oxygen atoms in total. The lowest BCUT2D eigenvalue weighted by atomic mass is 10.5. The summed E-state index contributed by atoms with van der Waals surface area (Å²) in [4.78, 5) is 0. The molecule has 0 radical (unpaired) electrons. The smallest absolute Gasteiger partial charge is 0.0206 e. The first-order valence-electron chi connectivity index (χ1n) is 2.44. The Morgan fingerprint density at radius 2 is 1.38 bits per heavy atom. The Balaban J connectivity index is 2.66. The summed E-state index contributed by atoms with van der Waals surface area (Å²) in [6.45, 7) is 0. The molecule has 0 atom stereocenters. The topological polar surface area (TPSA) is 29.3 Å². The highest BCUT2D eigenvalue weighted by Gasteiger charge is 1.80. The van der Waals surface area contributed by atoms with Crippen LogP contribution in [0.15, 0.2) is 36.7 Å². The second-order valence-electron chi connectivity index (χ2n) is 1.52. The molecule has 0 fully saturated rings. The van der Waals surface area contributed by atoms with Gasteiger partial charge in [0.2, 0.25) is 0 Å². The molecule has 1 heterocycles. The van der Waals surface area contributed by atoms with Gasteiger partial charge in [-0.3, -0.25) is 5.01 Å². The van der Waals surface area contributed by atoms with E-state index in [2.05, 4.69) is 0 Å². The number of hydrogen-bond donors (Lipinski definition) is 1. The predicted octanol–water partition coefficient (Wildman–Crippen LogP) is 0.759. The lowest BCUT2D eigenvalue weighted by Crippen LogP contribution is -2.16. The Bertz CT molecular complexity index is 129. The summed E-state index contributed by atoms with van der Waals surface area (Å²) in [7, 11) is 0. The van der Waals surface area contributed by atoms with E-state index >= 15 is 0 Å². The third kappa shape index (κ3) is 1.24. The van der Waals surface area contributed by atoms with Gasteiger partial charge in [0.05, 0.1) is 0 Å². The van der Waals surface area contributed by atoms with E-state index in [1.807, 2.05) is 24.3 Å². The van der Waals surface area contributed by atoms with Gasteiger partial charge < -0.3 is 0 Å². The van der Waals surface area contributed by atoms with E-state index in [0.29, 0.717) is 0 Å². The van der Waals surface area contributed by atoms with Gasteiger partial charge in [0.1, 0.15) is 0 Å². The third-order valence-electron chi connectivity index (χ3n) is 0.850. The maximum atomic E-state index is 5.35. The lowest BCUT2D eigenvalue weighted by molar-refractivity contribution is 0.541. The molecule has 42 valence electrons. The molecule has 0 aromatic rings. The Morgan fingerprint density at radius 3 is 1.88 bits per heavy atom. The Labute approximate surface area is 48.6 Å². The summed E-state index contributed by atoms with van der Waals surface area (Å²) in [6, 6.07) is 0. The van der Waals surface area contributed by atoms with E-state index in [9.17, 15) is 0 Å². The van der Waals surface area contributed by atoms with Crippen LogP contribution in [0.1, 0.15) is 0 Å². The van der Waals surface area contributed by atoms with E-state index < -0.39 is 0 Å². The van der Waals surface area contributed by atoms with Crippen molar-refractivity contribution in [1.29, 1.82) is 0 Å². The van der Waals surface area contributed by atoms with Crippen molar-refractivity contribution in [3.8, 4) is 0 Å². The third-order valence-corrected chi connectivity index (χ3v) is 0.850. The number of rotatable bonds is 0. The van der Waals surface area contributed by atoms with Gasteiger partial charge in [-0.1, -0.05) is 12.2 Å². The molecule has 0 saturated heterocycles. The van der Waals surface area contributed by atoms with Crippen LogP contribution in [0.5, 0.6) is 0 Å². The first-order valence-corrected chi connectivity index (χ1v) is 2.44. The zero-order valence-corrected chi connectivity index (χ0v) is 4.49. The van der Waals surface area contributed by atoms with Crippen molar-refractivity contribution in [2.75, 3.05) is 0 Å². The number of allylic oxidation sites excluding steroid dienone is 4. The minimum Gasteiger partial charge on any atom is -0.294 e. The molecule has 8 heavy (non-hydrogen) atoms. The highest BCUT2D eigenvalue weighted by atomic mass is 15.4. The molecule has 0 bridgehead atoms. The van der Waals surface area contributed by atoms with Gasteiger partial charge in [-0.25, -0.2) is 5.84 Å². The van der Waals surface area contributed by atoms with Crippen LogP contribution in [-0.2, 0) is 0 Å². The zero-order chi connectivity index (χ0) is 5.82. The van der Waals surface area contributed by atoms with Crippen LogP contribution in [0.25, 0.3) is 0 Å². The summed E-state index contributed by atoms with van der Waals surface area (Å²) < 4.78 is 0. The average molecular weight is 108 g/mol. The predicted molar refractivity (Wildman–Crippen MR) is 33.4 cm³/mol. The molecule has 2 N–H and O–H groups in total. The van der Waals surface area contributed by atoms with Gasteiger partial charge in [-0.2, -0.15) is 0 Å². The molecular formula is C6H8N2. The standard InChI is InChI=1S/C6H8N2/c7-8-5-3-1-2-4-6-8/h1-6H,7H2. The van der Waals surface area contributed by atoms with Crippen molar-refractivity contribution in [1.82, 2.24) is 5.01 Å². The highest BCUT2D eigenvalue weighted by molar-refractivity contribution is 5.14. The molecule has 0 aromatic carbocycles. The normalized spacial score (nSPS) is 16.9. The Morgan fingerprint density at radius 1 is 0.875 bits per heavy atom. The second-order valence-corrected chi connectivity index (χ2v) is 1.52. The van der Waals surface area contributed by atoms with Crippen molar-refractivity contribution in [3.05, 3.63) is 36.7 Å². The van der Waals surface area contributed by atoms with Crippen molar-refractivity contribution in [2.24, 2.45) is 5.84 Å². The Hall–Kier alpha value is -1.02. The lowest BCUT2D eigenvalue weighted by Gasteiger charge is -2.02. The molecule has 2 heteroatoms. The largest absolute Gasteiger partial charge is 0.294 e. The number of nitrogens with two attached hydrogens (primary N) is 1. The highest BCUT2D eigenvalue weighted by Crippen LogP contribution is 1.89. The number of nitrogens with zero attached hydrogens (tertiary/aromatic N) is 1. The number of hydrogen-bond acceptors (Lipinski definition) is 2. The van der Waals surface area contributed by atoms with Crippen LogP contribution in [0.3, 0.4) is 0 Å². The van der Waals surface area contributed by atoms with E-state index in [0.717, 1.165) is 0 Å². The van der Waals surface area contributed by atoms with Crippen molar-refractivity contribution < 1.29 is 0 Å². The zero-order valence-electron chi connectivity index (χ0n) is 4.49. The summed E-state index contributed by atoms with van der Waals surface area (Å²) >= 11 is 0. The molecule has 0 unspecified atom stereocenters. The molecule has 0 saturated carbocycles. The quantitative estimate of drug-likeness (QED) is 0.464. The van der Waals surface area contributed by atoms with E-state index in [1.165, 1.54) is 5.01 Å². The maximum absolute atomic E-state index is 5.35. The number of hydrazine groups is 1. The molecular weight excluding hydrogens is 100 g/mol. The molecule has 0 aliphatic carbocycles. The fraction of sp³-hybridized carbons (Fsp3) is 0. The minimum absolute atomic E-state index is 1.50. The van der Waals surface area contributed by atoms with Crippen LogP contribution in [0.2, 0.25) is 0 Å². The van der Waals surface area contributed by atoms with Gasteiger partial charge in [0.15, 0.2) is 0 Å². The summed E-state index contributed by atoms with van der Waals surface area (Å²) in [5.74, 6) is 5.35. The average Bonchev–Trinajstić information content (AvgIpc) is 1.94. The SMILES string of the molecule is NN1C=CC=CC=C1. The second kappa shape index (κ2) is 2.33. The minimum atomic E-state index is 1.50. The monoisotopic (exact) mass is 108 g/mol. The molecule has 0 amide bonds. The van der Waals surface area contributed by atoms with E-state index in [4.69, 9.17) is 5.84 Å². The van der Waals surface area contributed by atoms with Gasteiger partial charge in [0.25, 0.3) is 0 Å². The molecule has 1 aliphatic rings. The van der Waals surface area contributed by atoms with Gasteiger partial charge in [0, 0.05) is 12.4 Å². The molecule has 0 aromatic heterocycles. The van der Waals surface area contributed by atoms with Crippen molar-refractivity contribution >= 4 is 0 Å². The molecule has 1 rings (SSSR count). The summed E-state index contributed by atoms with van der Waals surface area (Å²) in [5, 5.41) is 1.50. The van der Waals surface area contributed by atoms with Crippen molar-refractivity contribution in [2.45, 2.75) is 0 Å². The van der Waals surface area contributed by atoms with Crippen LogP contribution in [0.4, 0.5) is 0 Å². The summed E-state index contributed by atoms with van der Waals surface area (Å²) in [5.41, 5.74) is 0. The van der Waals surface area contributed by atoms with Crippen molar-refractivity contribution in [3.63, 3.8) is 0 Å². The van der Waals surface area contributed by atoms with Crippen LogP contribution >= 0.6 is 0 Å². The fourth-order valence-electron chi connectivity index (χ4n) is 0.476. The molecule has 1 aliphatic heterocycles. The summed E-state index contributed by atoms with van der Waals surface area (Å²) in [6.07, 6.45) is 11.1. The fourth-order valence-corrected chi connectivity index (χ4v) is 0.476. The van der Waals surface area contributed by atoms with E-state index in [1.54, 1.807) is 12.4 Å². The van der Waals surface area contributed by atoms with E-state index in [-0.39, 0.29) is 0 Å². The van der Waals surface area contributed by atoms with Gasteiger partial charge in [-0.05, 0) is 12.2 Å². The van der Waals surface area contributed by atoms with Gasteiger partial charge in [-0.15, -0.1) is 0 Å². The van der Waals surface area contributed by atoms with Crippen LogP contribution < -0.4 is 5.84 Å². The van der Waals surface area contributed by atoms with Crippen LogP contribution in [-0.4, -0.2) is 5.01 Å². The maximum Gasteiger partial charge on any atom is 0.0206 e. The Kier molecular flexibility index (Phi) is 1.49. The van der Waals surface area contributed by atoms with Crippen LogP contribution in [0, 0.1) is 0 Å². The molecule has 0 spiro atoms. The first kappa shape index (κ1) is 5.12. The van der Waals surface area contributed by atoms with Gasteiger partial charge >= 0.3 is 0 Å². The first-order chi connectivity index (χ1) is 3.89.